The van der Waals surface area contributed by atoms with Crippen molar-refractivity contribution >= 4 is 27.5 Å². The third-order valence-electron chi connectivity index (χ3n) is 3.97. The van der Waals surface area contributed by atoms with Gasteiger partial charge in [-0.15, -0.1) is 11.3 Å². The third kappa shape index (κ3) is 3.01. The number of unbranched alkanes of at least 4 members (excludes halogenated alkanes) is 1. The lowest BCUT2D eigenvalue weighted by Crippen LogP contribution is -2.32. The molecular weight excluding hydrogens is 270 g/mol. The van der Waals surface area contributed by atoms with Crippen LogP contribution in [0.4, 0.5) is 0 Å². The number of thiazole rings is 1. The highest BCUT2D eigenvalue weighted by molar-refractivity contribution is 7.18. The molecule has 1 unspecified atom stereocenters. The molecule has 0 aliphatic heterocycles. The van der Waals surface area contributed by atoms with Crippen LogP contribution in [0.5, 0.6) is 0 Å². The quantitative estimate of drug-likeness (QED) is 0.816. The van der Waals surface area contributed by atoms with E-state index in [0.29, 0.717) is 12.8 Å². The Labute approximate surface area is 123 Å². The van der Waals surface area contributed by atoms with Gasteiger partial charge in [-0.1, -0.05) is 38.8 Å². The second-order valence-electron chi connectivity index (χ2n) is 5.29. The number of aliphatic carboxylic acids is 1. The molecule has 108 valence electrons. The molecule has 0 aliphatic rings. The maximum absolute atomic E-state index is 11.8. The smallest absolute Gasteiger partial charge is 0.310 e. The molecule has 4 heteroatoms. The molecule has 0 bridgehead atoms. The van der Waals surface area contributed by atoms with Crippen molar-refractivity contribution in [3.05, 3.63) is 29.3 Å². The van der Waals surface area contributed by atoms with Crippen molar-refractivity contribution in [3.8, 4) is 0 Å². The predicted molar refractivity (Wildman–Crippen MR) is 83.2 cm³/mol. The fourth-order valence-electron chi connectivity index (χ4n) is 2.52. The number of aromatic nitrogens is 1. The Morgan fingerprint density at radius 2 is 2.10 bits per heavy atom. The second-order valence-corrected chi connectivity index (χ2v) is 6.41. The Kier molecular flexibility index (Phi) is 4.76. The van der Waals surface area contributed by atoms with Crippen LogP contribution < -0.4 is 0 Å². The summed E-state index contributed by atoms with van der Waals surface area (Å²) in [6.07, 6.45) is 3.89. The molecule has 1 N–H and O–H groups in total. The third-order valence-corrected chi connectivity index (χ3v) is 5.00. The van der Waals surface area contributed by atoms with Gasteiger partial charge in [0.15, 0.2) is 0 Å². The van der Waals surface area contributed by atoms with E-state index in [0.717, 1.165) is 34.5 Å². The van der Waals surface area contributed by atoms with E-state index >= 15 is 0 Å². The minimum Gasteiger partial charge on any atom is -0.481 e. The molecule has 0 saturated carbocycles. The van der Waals surface area contributed by atoms with Gasteiger partial charge in [0.25, 0.3) is 0 Å². The van der Waals surface area contributed by atoms with Crippen molar-refractivity contribution in [3.63, 3.8) is 0 Å². The van der Waals surface area contributed by atoms with E-state index in [1.54, 1.807) is 11.3 Å². The van der Waals surface area contributed by atoms with E-state index in [1.165, 1.54) is 0 Å². The Hall–Kier alpha value is -1.42. The first-order valence-corrected chi connectivity index (χ1v) is 8.01. The lowest BCUT2D eigenvalue weighted by atomic mass is 9.77. The molecule has 2 aromatic rings. The summed E-state index contributed by atoms with van der Waals surface area (Å²) in [5.41, 5.74) is 0.308. The zero-order chi connectivity index (χ0) is 14.6. The molecule has 1 aromatic heterocycles. The van der Waals surface area contributed by atoms with Crippen molar-refractivity contribution in [2.24, 2.45) is 5.41 Å². The summed E-state index contributed by atoms with van der Waals surface area (Å²) in [5.74, 6) is -0.687. The SMILES string of the molecule is CCCCC(CC)(Cc1nc2ccccc2s1)C(=O)O. The number of carboxylic acids is 1. The number of nitrogens with zero attached hydrogens (tertiary/aromatic N) is 1. The fourth-order valence-corrected chi connectivity index (χ4v) is 3.64. The van der Waals surface area contributed by atoms with Crippen LogP contribution in [0.25, 0.3) is 10.2 Å². The summed E-state index contributed by atoms with van der Waals surface area (Å²) in [7, 11) is 0. The fraction of sp³-hybridized carbons (Fsp3) is 0.500. The molecule has 3 nitrogen and oxygen atoms in total. The average Bonchev–Trinajstić information content (AvgIpc) is 2.85. The molecular formula is C16H21NO2S. The lowest BCUT2D eigenvalue weighted by molar-refractivity contribution is -0.149. The highest BCUT2D eigenvalue weighted by Crippen LogP contribution is 2.35. The van der Waals surface area contributed by atoms with Crippen molar-refractivity contribution in [2.75, 3.05) is 0 Å². The average molecular weight is 291 g/mol. The van der Waals surface area contributed by atoms with Crippen LogP contribution in [-0.2, 0) is 11.2 Å². The standard InChI is InChI=1S/C16H21NO2S/c1-3-5-10-16(4-2,15(18)19)11-14-17-12-8-6-7-9-13(12)20-14/h6-9H,3-5,10-11H2,1-2H3,(H,18,19). The van der Waals surface area contributed by atoms with E-state index in [4.69, 9.17) is 0 Å². The molecule has 0 saturated heterocycles. The van der Waals surface area contributed by atoms with E-state index in [2.05, 4.69) is 11.9 Å². The lowest BCUT2D eigenvalue weighted by Gasteiger charge is -2.27. The number of hydrogen-bond acceptors (Lipinski definition) is 3. The summed E-state index contributed by atoms with van der Waals surface area (Å²) in [4.78, 5) is 16.3. The van der Waals surface area contributed by atoms with Crippen LogP contribution in [0.2, 0.25) is 0 Å². The summed E-state index contributed by atoms with van der Waals surface area (Å²) >= 11 is 1.62. The van der Waals surface area contributed by atoms with Crippen molar-refractivity contribution in [1.29, 1.82) is 0 Å². The zero-order valence-electron chi connectivity index (χ0n) is 12.1. The van der Waals surface area contributed by atoms with Crippen LogP contribution in [0.1, 0.15) is 44.5 Å². The summed E-state index contributed by atoms with van der Waals surface area (Å²) in [5, 5.41) is 10.6. The van der Waals surface area contributed by atoms with Crippen LogP contribution in [0, 0.1) is 5.41 Å². The molecule has 0 fully saturated rings. The van der Waals surface area contributed by atoms with Gasteiger partial charge in [-0.05, 0) is 25.0 Å². The number of carboxylic acid groups (broad SMARTS) is 1. The molecule has 0 amide bonds. The Balaban J connectivity index is 2.28. The molecule has 1 aromatic carbocycles. The highest BCUT2D eigenvalue weighted by atomic mass is 32.1. The van der Waals surface area contributed by atoms with E-state index < -0.39 is 11.4 Å². The maximum Gasteiger partial charge on any atom is 0.310 e. The van der Waals surface area contributed by atoms with Crippen LogP contribution >= 0.6 is 11.3 Å². The van der Waals surface area contributed by atoms with Crippen molar-refractivity contribution in [1.82, 2.24) is 4.98 Å². The predicted octanol–water partition coefficient (Wildman–Crippen LogP) is 4.51. The van der Waals surface area contributed by atoms with Gasteiger partial charge < -0.3 is 5.11 Å². The van der Waals surface area contributed by atoms with Crippen LogP contribution in [0.15, 0.2) is 24.3 Å². The second kappa shape index (κ2) is 6.35. The van der Waals surface area contributed by atoms with Gasteiger partial charge in [-0.25, -0.2) is 4.98 Å². The highest BCUT2D eigenvalue weighted by Gasteiger charge is 2.37. The van der Waals surface area contributed by atoms with Crippen LogP contribution in [-0.4, -0.2) is 16.1 Å². The zero-order valence-corrected chi connectivity index (χ0v) is 12.9. The van der Waals surface area contributed by atoms with Gasteiger partial charge in [-0.2, -0.15) is 0 Å². The van der Waals surface area contributed by atoms with Gasteiger partial charge in [0.05, 0.1) is 20.6 Å². The Morgan fingerprint density at radius 3 is 2.70 bits per heavy atom. The number of para-hydroxylation sites is 1. The topological polar surface area (TPSA) is 50.2 Å². The molecule has 1 atom stereocenters. The molecule has 0 radical (unpaired) electrons. The van der Waals surface area contributed by atoms with Gasteiger partial charge in [0, 0.05) is 6.42 Å². The Bertz CT molecular complexity index is 560. The summed E-state index contributed by atoms with van der Waals surface area (Å²) in [6.45, 7) is 4.07. The van der Waals surface area contributed by atoms with Gasteiger partial charge >= 0.3 is 5.97 Å². The Morgan fingerprint density at radius 1 is 1.35 bits per heavy atom. The summed E-state index contributed by atoms with van der Waals surface area (Å²) in [6, 6.07) is 7.98. The normalized spacial score (nSPS) is 14.3. The number of rotatable bonds is 7. The molecule has 0 spiro atoms. The van der Waals surface area contributed by atoms with Gasteiger partial charge in [0.2, 0.25) is 0 Å². The number of benzene rings is 1. The van der Waals surface area contributed by atoms with E-state index in [1.807, 2.05) is 31.2 Å². The monoisotopic (exact) mass is 291 g/mol. The van der Waals surface area contributed by atoms with E-state index in [9.17, 15) is 9.90 Å². The minimum absolute atomic E-state index is 0.540. The minimum atomic E-state index is -0.687. The first-order chi connectivity index (χ1) is 9.61. The molecule has 2 rings (SSSR count). The number of hydrogen-bond donors (Lipinski definition) is 1. The van der Waals surface area contributed by atoms with Crippen LogP contribution in [0.3, 0.4) is 0 Å². The number of fused-ring (bicyclic) bond motifs is 1. The summed E-state index contributed by atoms with van der Waals surface area (Å²) < 4.78 is 1.13. The molecule has 0 aliphatic carbocycles. The molecule has 20 heavy (non-hydrogen) atoms. The van der Waals surface area contributed by atoms with Gasteiger partial charge in [-0.3, -0.25) is 4.79 Å². The van der Waals surface area contributed by atoms with Gasteiger partial charge in [0.1, 0.15) is 0 Å². The van der Waals surface area contributed by atoms with Crippen molar-refractivity contribution < 1.29 is 9.90 Å². The molecule has 1 heterocycles. The first-order valence-electron chi connectivity index (χ1n) is 7.19. The number of carbonyl (C=O) groups is 1. The first kappa shape index (κ1) is 15.0. The van der Waals surface area contributed by atoms with E-state index in [-0.39, 0.29) is 0 Å². The maximum atomic E-state index is 11.8. The van der Waals surface area contributed by atoms with Crippen molar-refractivity contribution in [2.45, 2.75) is 46.0 Å². The largest absolute Gasteiger partial charge is 0.481 e.